The Hall–Kier alpha value is -3.00. The first-order chi connectivity index (χ1) is 14.5. The van der Waals surface area contributed by atoms with Gasteiger partial charge in [-0.3, -0.25) is 0 Å². The molecular weight excluding hydrogens is 416 g/mol. The molecule has 4 aromatic rings. The van der Waals surface area contributed by atoms with Gasteiger partial charge in [-0.15, -0.1) is 11.3 Å². The molecule has 1 heterocycles. The lowest BCUT2D eigenvalue weighted by Crippen LogP contribution is -2.23. The fraction of sp³-hybridized carbons (Fsp3) is 0.0870. The fourth-order valence-electron chi connectivity index (χ4n) is 2.98. The van der Waals surface area contributed by atoms with Crippen molar-refractivity contribution in [2.75, 3.05) is 7.11 Å². The van der Waals surface area contributed by atoms with Crippen LogP contribution in [0.1, 0.15) is 5.56 Å². The average molecular weight is 437 g/mol. The van der Waals surface area contributed by atoms with E-state index in [0.29, 0.717) is 5.75 Å². The van der Waals surface area contributed by atoms with E-state index in [1.807, 2.05) is 60.0 Å². The molecule has 0 bridgehead atoms. The maximum atomic E-state index is 12.6. The molecule has 0 fully saturated rings. The number of sulfonamides is 1. The van der Waals surface area contributed by atoms with E-state index >= 15 is 0 Å². The number of nitrogens with zero attached hydrogens (tertiary/aromatic N) is 1. The van der Waals surface area contributed by atoms with Gasteiger partial charge in [-0.2, -0.15) is 0 Å². The van der Waals surface area contributed by atoms with E-state index in [1.54, 1.807) is 30.6 Å². The van der Waals surface area contributed by atoms with Gasteiger partial charge in [0.2, 0.25) is 10.0 Å². The summed E-state index contributed by atoms with van der Waals surface area (Å²) in [4.78, 5) is 4.93. The van der Waals surface area contributed by atoms with Gasteiger partial charge in [-0.25, -0.2) is 18.1 Å². The molecule has 0 amide bonds. The van der Waals surface area contributed by atoms with Crippen LogP contribution in [0.4, 0.5) is 0 Å². The Morgan fingerprint density at radius 2 is 1.67 bits per heavy atom. The SMILES string of the molecule is COc1ccc(S(=O)(=O)NCc2cccc(-c3nc(-c4ccccc4)cs3)c2)cc1. The molecule has 152 valence electrons. The van der Waals surface area contributed by atoms with E-state index in [0.717, 1.165) is 27.4 Å². The largest absolute Gasteiger partial charge is 0.497 e. The zero-order valence-corrected chi connectivity index (χ0v) is 17.9. The van der Waals surface area contributed by atoms with Crippen molar-refractivity contribution in [2.45, 2.75) is 11.4 Å². The third-order valence-corrected chi connectivity index (χ3v) is 6.89. The highest BCUT2D eigenvalue weighted by Crippen LogP contribution is 2.29. The Labute approximate surface area is 180 Å². The number of rotatable bonds is 7. The molecule has 0 atom stereocenters. The second-order valence-corrected chi connectivity index (χ2v) is 9.23. The Bertz CT molecular complexity index is 1230. The lowest BCUT2D eigenvalue weighted by molar-refractivity contribution is 0.414. The molecule has 3 aromatic carbocycles. The Balaban J connectivity index is 1.49. The first-order valence-corrected chi connectivity index (χ1v) is 11.7. The quantitative estimate of drug-likeness (QED) is 0.444. The average Bonchev–Trinajstić information content (AvgIpc) is 3.29. The zero-order valence-electron chi connectivity index (χ0n) is 16.3. The molecule has 0 saturated carbocycles. The first-order valence-electron chi connectivity index (χ1n) is 9.29. The molecule has 0 radical (unpaired) electrons. The summed E-state index contributed by atoms with van der Waals surface area (Å²) < 4.78 is 32.8. The normalized spacial score (nSPS) is 11.4. The van der Waals surface area contributed by atoms with E-state index in [2.05, 4.69) is 4.72 Å². The molecule has 0 spiro atoms. The van der Waals surface area contributed by atoms with Crippen LogP contribution in [0.25, 0.3) is 21.8 Å². The minimum atomic E-state index is -3.61. The van der Waals surface area contributed by atoms with Crippen molar-refractivity contribution in [3.8, 4) is 27.6 Å². The van der Waals surface area contributed by atoms with Gasteiger partial charge in [0, 0.05) is 23.1 Å². The number of nitrogens with one attached hydrogen (secondary N) is 1. The number of aromatic nitrogens is 1. The van der Waals surface area contributed by atoms with Gasteiger partial charge in [0.1, 0.15) is 10.8 Å². The molecule has 4 rings (SSSR count). The van der Waals surface area contributed by atoms with Gasteiger partial charge in [-0.1, -0.05) is 48.5 Å². The van der Waals surface area contributed by atoms with Crippen molar-refractivity contribution >= 4 is 21.4 Å². The molecule has 0 saturated heterocycles. The minimum absolute atomic E-state index is 0.194. The molecule has 1 N–H and O–H groups in total. The van der Waals surface area contributed by atoms with Crippen LogP contribution >= 0.6 is 11.3 Å². The highest BCUT2D eigenvalue weighted by molar-refractivity contribution is 7.89. The van der Waals surface area contributed by atoms with Gasteiger partial charge in [0.15, 0.2) is 0 Å². The van der Waals surface area contributed by atoms with Crippen molar-refractivity contribution < 1.29 is 13.2 Å². The van der Waals surface area contributed by atoms with Gasteiger partial charge in [0.05, 0.1) is 17.7 Å². The molecule has 30 heavy (non-hydrogen) atoms. The van der Waals surface area contributed by atoms with E-state index in [1.165, 1.54) is 12.1 Å². The van der Waals surface area contributed by atoms with Crippen molar-refractivity contribution in [2.24, 2.45) is 0 Å². The van der Waals surface area contributed by atoms with Crippen LogP contribution < -0.4 is 9.46 Å². The lowest BCUT2D eigenvalue weighted by atomic mass is 10.1. The molecule has 7 heteroatoms. The number of benzene rings is 3. The third-order valence-electron chi connectivity index (χ3n) is 4.58. The zero-order chi connectivity index (χ0) is 21.0. The lowest BCUT2D eigenvalue weighted by Gasteiger charge is -2.08. The molecule has 0 aliphatic carbocycles. The molecular formula is C23H20N2O3S2. The number of methoxy groups -OCH3 is 1. The van der Waals surface area contributed by atoms with Crippen molar-refractivity contribution in [3.05, 3.63) is 89.8 Å². The van der Waals surface area contributed by atoms with Crippen molar-refractivity contribution in [3.63, 3.8) is 0 Å². The monoisotopic (exact) mass is 436 g/mol. The number of hydrogen-bond donors (Lipinski definition) is 1. The summed E-state index contributed by atoms with van der Waals surface area (Å²) in [6.45, 7) is 0.194. The van der Waals surface area contributed by atoms with Crippen LogP contribution in [-0.2, 0) is 16.6 Å². The van der Waals surface area contributed by atoms with Crippen LogP contribution in [0.5, 0.6) is 5.75 Å². The second-order valence-electron chi connectivity index (χ2n) is 6.60. The highest BCUT2D eigenvalue weighted by Gasteiger charge is 2.14. The van der Waals surface area contributed by atoms with Gasteiger partial charge < -0.3 is 4.74 Å². The molecule has 1 aromatic heterocycles. The van der Waals surface area contributed by atoms with E-state index in [9.17, 15) is 8.42 Å². The van der Waals surface area contributed by atoms with Gasteiger partial charge >= 0.3 is 0 Å². The van der Waals surface area contributed by atoms with Gasteiger partial charge in [-0.05, 0) is 35.9 Å². The number of thiazole rings is 1. The standard InChI is InChI=1S/C23H20N2O3S2/c1-28-20-10-12-21(13-11-20)30(26,27)24-15-17-6-5-9-19(14-17)23-25-22(16-29-23)18-7-3-2-4-8-18/h2-14,16,24H,15H2,1H3. The van der Waals surface area contributed by atoms with E-state index < -0.39 is 10.0 Å². The van der Waals surface area contributed by atoms with Crippen LogP contribution in [0, 0.1) is 0 Å². The second kappa shape index (κ2) is 8.79. The summed E-state index contributed by atoms with van der Waals surface area (Å²) in [6.07, 6.45) is 0. The Morgan fingerprint density at radius 3 is 2.40 bits per heavy atom. The summed E-state index contributed by atoms with van der Waals surface area (Å²) in [5.41, 5.74) is 3.83. The van der Waals surface area contributed by atoms with E-state index in [4.69, 9.17) is 9.72 Å². The van der Waals surface area contributed by atoms with Gasteiger partial charge in [0.25, 0.3) is 0 Å². The molecule has 5 nitrogen and oxygen atoms in total. The maximum absolute atomic E-state index is 12.6. The molecule has 0 aliphatic heterocycles. The Morgan fingerprint density at radius 1 is 0.933 bits per heavy atom. The maximum Gasteiger partial charge on any atom is 0.240 e. The van der Waals surface area contributed by atoms with Crippen LogP contribution in [0.2, 0.25) is 0 Å². The molecule has 0 aliphatic rings. The summed E-state index contributed by atoms with van der Waals surface area (Å²) in [7, 11) is -2.07. The minimum Gasteiger partial charge on any atom is -0.497 e. The summed E-state index contributed by atoms with van der Waals surface area (Å²) >= 11 is 1.57. The number of hydrogen-bond acceptors (Lipinski definition) is 5. The summed E-state index contributed by atoms with van der Waals surface area (Å²) in [5.74, 6) is 0.611. The predicted octanol–water partition coefficient (Wildman–Crippen LogP) is 4.96. The van der Waals surface area contributed by atoms with Crippen molar-refractivity contribution in [1.82, 2.24) is 9.71 Å². The smallest absolute Gasteiger partial charge is 0.240 e. The molecule has 0 unspecified atom stereocenters. The van der Waals surface area contributed by atoms with Crippen LogP contribution in [0.15, 0.2) is 89.1 Å². The summed E-state index contributed by atoms with van der Waals surface area (Å²) in [6, 6.07) is 24.1. The first kappa shape index (κ1) is 20.3. The predicted molar refractivity (Wildman–Crippen MR) is 120 cm³/mol. The van der Waals surface area contributed by atoms with Crippen LogP contribution in [0.3, 0.4) is 0 Å². The fourth-order valence-corrected chi connectivity index (χ4v) is 4.82. The number of ether oxygens (including phenoxy) is 1. The van der Waals surface area contributed by atoms with E-state index in [-0.39, 0.29) is 11.4 Å². The highest BCUT2D eigenvalue weighted by atomic mass is 32.2. The van der Waals surface area contributed by atoms with Crippen molar-refractivity contribution in [1.29, 1.82) is 0 Å². The van der Waals surface area contributed by atoms with Crippen LogP contribution in [-0.4, -0.2) is 20.5 Å². The Kier molecular flexibility index (Phi) is 5.94. The topological polar surface area (TPSA) is 68.3 Å². The summed E-state index contributed by atoms with van der Waals surface area (Å²) in [5, 5.41) is 2.93. The third kappa shape index (κ3) is 4.59.